The molecule has 37 heavy (non-hydrogen) atoms. The second-order valence-electron chi connectivity index (χ2n) is 7.57. The van der Waals surface area contributed by atoms with Crippen molar-refractivity contribution < 1.29 is 45.9 Å². The molecule has 3 amide bonds. The van der Waals surface area contributed by atoms with Gasteiger partial charge in [0, 0.05) is 6.07 Å². The van der Waals surface area contributed by atoms with Crippen molar-refractivity contribution in [1.82, 2.24) is 10.6 Å². The van der Waals surface area contributed by atoms with Crippen molar-refractivity contribution in [2.24, 2.45) is 5.73 Å². The number of amides is 3. The molecule has 0 aliphatic rings. The maximum Gasteiger partial charge on any atom is 0.313 e. The number of para-hydroxylation sites is 1. The minimum absolute atomic E-state index is 0.00925. The molecule has 0 saturated heterocycles. The van der Waals surface area contributed by atoms with Gasteiger partial charge in [-0.1, -0.05) is 12.1 Å². The van der Waals surface area contributed by atoms with Gasteiger partial charge in [-0.05, 0) is 37.9 Å². The van der Waals surface area contributed by atoms with E-state index in [1.165, 1.54) is 18.2 Å². The molecule has 1 atom stereocenters. The van der Waals surface area contributed by atoms with Crippen LogP contribution >= 0.6 is 0 Å². The summed E-state index contributed by atoms with van der Waals surface area (Å²) in [5.41, 5.74) is 5.14. The highest BCUT2D eigenvalue weighted by Gasteiger charge is 2.25. The first-order valence-corrected chi connectivity index (χ1v) is 10.9. The van der Waals surface area contributed by atoms with E-state index in [0.29, 0.717) is 12.8 Å². The number of unbranched alkanes of at least 4 members (excludes halogenated alkanes) is 1. The zero-order valence-electron chi connectivity index (χ0n) is 19.2. The molecule has 200 valence electrons. The largest absolute Gasteiger partial charge is 0.479 e. The van der Waals surface area contributed by atoms with Crippen molar-refractivity contribution in [2.75, 3.05) is 25.0 Å². The number of ether oxygens (including phenoxy) is 1. The first kappa shape index (κ1) is 29.2. The van der Waals surface area contributed by atoms with Crippen LogP contribution in [0.3, 0.4) is 0 Å². The van der Waals surface area contributed by atoms with Crippen LogP contribution < -0.4 is 26.4 Å². The van der Waals surface area contributed by atoms with Gasteiger partial charge in [0.05, 0.1) is 18.3 Å². The zero-order chi connectivity index (χ0) is 27.5. The van der Waals surface area contributed by atoms with Gasteiger partial charge in [0.25, 0.3) is 0 Å². The number of nitrogens with one attached hydrogen (secondary N) is 3. The number of rotatable bonds is 12. The molecular weight excluding hydrogens is 507 g/mol. The summed E-state index contributed by atoms with van der Waals surface area (Å²) in [7, 11) is 0. The number of Topliss-reactive ketones (excluding diaryl/α,β-unsaturated/α-hetero) is 1. The van der Waals surface area contributed by atoms with Gasteiger partial charge >= 0.3 is 11.8 Å². The summed E-state index contributed by atoms with van der Waals surface area (Å²) >= 11 is 0. The van der Waals surface area contributed by atoms with E-state index in [1.807, 2.05) is 10.6 Å². The van der Waals surface area contributed by atoms with Gasteiger partial charge < -0.3 is 26.4 Å². The van der Waals surface area contributed by atoms with Crippen LogP contribution in [0.2, 0.25) is 0 Å². The Morgan fingerprint density at radius 3 is 2.16 bits per heavy atom. The van der Waals surface area contributed by atoms with Gasteiger partial charge in [-0.15, -0.1) is 0 Å². The summed E-state index contributed by atoms with van der Waals surface area (Å²) in [4.78, 5) is 48.6. The fraction of sp³-hybridized carbons (Fsp3) is 0.304. The number of nitrogens with two attached hydrogens (primary N) is 1. The average molecular weight is 530 g/mol. The highest BCUT2D eigenvalue weighted by atomic mass is 19.2. The van der Waals surface area contributed by atoms with Gasteiger partial charge in [-0.25, -0.2) is 13.2 Å². The molecule has 2 aromatic carbocycles. The quantitative estimate of drug-likeness (QED) is 0.143. The van der Waals surface area contributed by atoms with E-state index >= 15 is 0 Å². The van der Waals surface area contributed by atoms with Gasteiger partial charge in [0.15, 0.2) is 23.2 Å². The molecule has 0 spiro atoms. The summed E-state index contributed by atoms with van der Waals surface area (Å²) in [5, 5.41) is 6.28. The molecule has 0 radical (unpaired) electrons. The van der Waals surface area contributed by atoms with E-state index < -0.39 is 77.5 Å². The molecule has 2 rings (SSSR count). The average Bonchev–Trinajstić information content (AvgIpc) is 2.86. The lowest BCUT2D eigenvalue weighted by Crippen LogP contribution is -2.48. The predicted octanol–water partition coefficient (Wildman–Crippen LogP) is 1.70. The maximum atomic E-state index is 13.8. The number of hydrogen-bond donors (Lipinski definition) is 4. The first-order chi connectivity index (χ1) is 17.5. The normalized spacial score (nSPS) is 11.4. The molecular formula is C23H23F5N4O5. The minimum Gasteiger partial charge on any atom is -0.479 e. The third-order valence-corrected chi connectivity index (χ3v) is 4.84. The molecule has 2 aromatic rings. The fourth-order valence-corrected chi connectivity index (χ4v) is 2.96. The fourth-order valence-electron chi connectivity index (χ4n) is 2.96. The summed E-state index contributed by atoms with van der Waals surface area (Å²) in [6.07, 6.45) is 0.795. The smallest absolute Gasteiger partial charge is 0.313 e. The third kappa shape index (κ3) is 8.52. The lowest BCUT2D eigenvalue weighted by molar-refractivity contribution is -0.137. The Morgan fingerprint density at radius 2 is 1.54 bits per heavy atom. The number of hydrogen-bond acceptors (Lipinski definition) is 6. The molecule has 14 heteroatoms. The standard InChI is InChI=1S/C23H23F5N4O5/c24-12-5-1-2-6-15(12)32-23(36)22(35)30-10-18(34)31-16(7-3-4-8-29)17(33)11-37-21-19(27)13(25)9-14(26)20(21)28/h1-2,5-6,9,16H,3-4,7-8,10-11,29H2,(H,30,35)(H,31,34)(H,32,36). The number of anilines is 1. The van der Waals surface area contributed by atoms with Crippen molar-refractivity contribution in [3.8, 4) is 5.75 Å². The highest BCUT2D eigenvalue weighted by molar-refractivity contribution is 6.39. The summed E-state index contributed by atoms with van der Waals surface area (Å²) < 4.78 is 72.4. The Hall–Kier alpha value is -4.07. The van der Waals surface area contributed by atoms with Crippen molar-refractivity contribution in [3.05, 3.63) is 59.4 Å². The number of carbonyl (C=O) groups excluding carboxylic acids is 4. The first-order valence-electron chi connectivity index (χ1n) is 10.9. The second-order valence-corrected chi connectivity index (χ2v) is 7.57. The van der Waals surface area contributed by atoms with Crippen LogP contribution in [-0.4, -0.2) is 49.2 Å². The molecule has 1 unspecified atom stereocenters. The van der Waals surface area contributed by atoms with Crippen molar-refractivity contribution in [3.63, 3.8) is 0 Å². The predicted molar refractivity (Wildman–Crippen MR) is 120 cm³/mol. The second kappa shape index (κ2) is 13.9. The van der Waals surface area contributed by atoms with Crippen molar-refractivity contribution in [1.29, 1.82) is 0 Å². The lowest BCUT2D eigenvalue weighted by atomic mass is 10.1. The number of benzene rings is 2. The zero-order valence-corrected chi connectivity index (χ0v) is 19.2. The monoisotopic (exact) mass is 530 g/mol. The molecule has 0 heterocycles. The Labute approximate surface area is 207 Å². The highest BCUT2D eigenvalue weighted by Crippen LogP contribution is 2.26. The molecule has 9 nitrogen and oxygen atoms in total. The number of carbonyl (C=O) groups is 4. The Kier molecular flexibility index (Phi) is 10.9. The number of ketones is 1. The van der Waals surface area contributed by atoms with E-state index in [0.717, 1.165) is 6.07 Å². The van der Waals surface area contributed by atoms with Crippen LogP contribution in [0.15, 0.2) is 30.3 Å². The topological polar surface area (TPSA) is 140 Å². The molecule has 0 fully saturated rings. The molecule has 0 aromatic heterocycles. The summed E-state index contributed by atoms with van der Waals surface area (Å²) in [6.45, 7) is -1.55. The minimum atomic E-state index is -1.84. The van der Waals surface area contributed by atoms with Gasteiger partial charge in [-0.3, -0.25) is 19.2 Å². The van der Waals surface area contributed by atoms with Gasteiger partial charge in [0.1, 0.15) is 12.4 Å². The molecule has 0 saturated carbocycles. The van der Waals surface area contributed by atoms with Crippen LogP contribution in [-0.2, 0) is 19.2 Å². The van der Waals surface area contributed by atoms with Crippen molar-refractivity contribution in [2.45, 2.75) is 25.3 Å². The van der Waals surface area contributed by atoms with Crippen LogP contribution in [0.5, 0.6) is 5.75 Å². The van der Waals surface area contributed by atoms with Gasteiger partial charge in [0.2, 0.25) is 17.5 Å². The maximum absolute atomic E-state index is 13.8. The van der Waals surface area contributed by atoms with E-state index in [-0.39, 0.29) is 24.7 Å². The Morgan fingerprint density at radius 1 is 0.892 bits per heavy atom. The molecule has 0 aliphatic heterocycles. The van der Waals surface area contributed by atoms with Crippen LogP contribution in [0.1, 0.15) is 19.3 Å². The van der Waals surface area contributed by atoms with E-state index in [9.17, 15) is 41.1 Å². The molecule has 0 bridgehead atoms. The SMILES string of the molecule is NCCCCC(NC(=O)CNC(=O)C(=O)Nc1ccccc1F)C(=O)COc1c(F)c(F)cc(F)c1F. The van der Waals surface area contributed by atoms with Crippen LogP contribution in [0.25, 0.3) is 0 Å². The Bertz CT molecular complexity index is 1140. The summed E-state index contributed by atoms with van der Waals surface area (Å²) in [6, 6.07) is 3.74. The number of halogens is 5. The third-order valence-electron chi connectivity index (χ3n) is 4.84. The molecule has 5 N–H and O–H groups in total. The van der Waals surface area contributed by atoms with Crippen LogP contribution in [0.4, 0.5) is 27.6 Å². The van der Waals surface area contributed by atoms with Gasteiger partial charge in [-0.2, -0.15) is 8.78 Å². The van der Waals surface area contributed by atoms with E-state index in [2.05, 4.69) is 10.1 Å². The van der Waals surface area contributed by atoms with Crippen LogP contribution in [0, 0.1) is 29.1 Å². The van der Waals surface area contributed by atoms with E-state index in [1.54, 1.807) is 0 Å². The summed E-state index contributed by atoms with van der Waals surface area (Å²) in [5.74, 6) is -13.7. The van der Waals surface area contributed by atoms with Crippen molar-refractivity contribution >= 4 is 29.2 Å². The lowest BCUT2D eigenvalue weighted by Gasteiger charge is -2.18. The molecule has 0 aliphatic carbocycles. The van der Waals surface area contributed by atoms with E-state index in [4.69, 9.17) is 5.73 Å². The Balaban J connectivity index is 1.96.